The fourth-order valence-electron chi connectivity index (χ4n) is 3.18. The van der Waals surface area contributed by atoms with E-state index in [1.807, 2.05) is 0 Å². The third-order valence-corrected chi connectivity index (χ3v) is 5.70. The molecule has 1 saturated heterocycles. The predicted molar refractivity (Wildman–Crippen MR) is 65.8 cm³/mol. The number of halogens is 1. The third kappa shape index (κ3) is 2.19. The van der Waals surface area contributed by atoms with Crippen molar-refractivity contribution < 1.29 is 13.2 Å². The van der Waals surface area contributed by atoms with Crippen LogP contribution in [0.4, 0.5) is 0 Å². The van der Waals surface area contributed by atoms with Gasteiger partial charge in [0.15, 0.2) is 0 Å². The molecular formula is C11H18ClNO3S. The zero-order valence-corrected chi connectivity index (χ0v) is 11.7. The van der Waals surface area contributed by atoms with E-state index >= 15 is 0 Å². The van der Waals surface area contributed by atoms with E-state index < -0.39 is 14.8 Å². The van der Waals surface area contributed by atoms with Crippen LogP contribution in [0.25, 0.3) is 0 Å². The molecule has 1 spiro atoms. The molecule has 6 heteroatoms. The third-order valence-electron chi connectivity index (χ3n) is 4.26. The first kappa shape index (κ1) is 13.1. The SMILES string of the molecule is CC(C)C1CCC2(CC1)CC(=O)N2S(=O)(=O)Cl. The minimum Gasteiger partial charge on any atom is -0.274 e. The molecule has 2 rings (SSSR count). The Morgan fingerprint density at radius 3 is 2.24 bits per heavy atom. The largest absolute Gasteiger partial charge is 0.324 e. The standard InChI is InChI=1S/C11H18ClNO3S/c1-8(2)9-3-5-11(6-4-9)7-10(14)13(11)17(12,15)16/h8-9H,3-7H2,1-2H3. The highest BCUT2D eigenvalue weighted by Gasteiger charge is 2.57. The quantitative estimate of drug-likeness (QED) is 0.576. The van der Waals surface area contributed by atoms with E-state index in [9.17, 15) is 13.2 Å². The van der Waals surface area contributed by atoms with E-state index in [2.05, 4.69) is 13.8 Å². The monoisotopic (exact) mass is 279 g/mol. The molecule has 1 aliphatic carbocycles. The van der Waals surface area contributed by atoms with Crippen molar-refractivity contribution in [2.45, 2.75) is 51.5 Å². The summed E-state index contributed by atoms with van der Waals surface area (Å²) in [5.74, 6) is 0.892. The summed E-state index contributed by atoms with van der Waals surface area (Å²) in [6.07, 6.45) is 3.81. The number of nitrogens with zero attached hydrogens (tertiary/aromatic N) is 1. The van der Waals surface area contributed by atoms with Gasteiger partial charge in [0.05, 0.1) is 12.0 Å². The van der Waals surface area contributed by atoms with Crippen LogP contribution in [-0.4, -0.2) is 24.2 Å². The molecule has 98 valence electrons. The molecule has 0 aromatic rings. The van der Waals surface area contributed by atoms with Crippen molar-refractivity contribution >= 4 is 25.8 Å². The van der Waals surface area contributed by atoms with E-state index in [0.29, 0.717) is 18.3 Å². The van der Waals surface area contributed by atoms with Crippen LogP contribution < -0.4 is 0 Å². The van der Waals surface area contributed by atoms with Gasteiger partial charge in [0.25, 0.3) is 0 Å². The van der Waals surface area contributed by atoms with E-state index in [-0.39, 0.29) is 5.91 Å². The van der Waals surface area contributed by atoms with Crippen molar-refractivity contribution in [1.29, 1.82) is 0 Å². The van der Waals surface area contributed by atoms with Gasteiger partial charge in [-0.05, 0) is 37.5 Å². The van der Waals surface area contributed by atoms with Crippen molar-refractivity contribution in [3.05, 3.63) is 0 Å². The fourth-order valence-corrected chi connectivity index (χ4v) is 4.86. The lowest BCUT2D eigenvalue weighted by Gasteiger charge is -2.53. The second kappa shape index (κ2) is 4.12. The lowest BCUT2D eigenvalue weighted by atomic mass is 9.68. The Morgan fingerprint density at radius 2 is 1.88 bits per heavy atom. The summed E-state index contributed by atoms with van der Waals surface area (Å²) in [6, 6.07) is 0. The van der Waals surface area contributed by atoms with Crippen molar-refractivity contribution in [3.8, 4) is 0 Å². The molecule has 0 atom stereocenters. The van der Waals surface area contributed by atoms with Crippen LogP contribution >= 0.6 is 10.7 Å². The van der Waals surface area contributed by atoms with Crippen molar-refractivity contribution in [2.75, 3.05) is 0 Å². The second-order valence-electron chi connectivity index (χ2n) is 5.58. The van der Waals surface area contributed by atoms with Crippen LogP contribution in [0.1, 0.15) is 46.0 Å². The average Bonchev–Trinajstić information content (AvgIpc) is 2.14. The van der Waals surface area contributed by atoms with E-state index in [1.165, 1.54) is 0 Å². The van der Waals surface area contributed by atoms with Gasteiger partial charge >= 0.3 is 9.24 Å². The van der Waals surface area contributed by atoms with Crippen LogP contribution in [0.5, 0.6) is 0 Å². The molecule has 0 aromatic carbocycles. The highest BCUT2D eigenvalue weighted by Crippen LogP contribution is 2.48. The summed E-state index contributed by atoms with van der Waals surface area (Å²) < 4.78 is 23.7. The minimum absolute atomic E-state index is 0.337. The van der Waals surface area contributed by atoms with Crippen LogP contribution in [0.3, 0.4) is 0 Å². The molecule has 1 aliphatic heterocycles. The van der Waals surface area contributed by atoms with Gasteiger partial charge in [0.2, 0.25) is 5.91 Å². The molecule has 0 bridgehead atoms. The van der Waals surface area contributed by atoms with Crippen molar-refractivity contribution in [2.24, 2.45) is 11.8 Å². The van der Waals surface area contributed by atoms with Gasteiger partial charge in [-0.15, -0.1) is 0 Å². The molecule has 4 nitrogen and oxygen atoms in total. The molecule has 1 saturated carbocycles. The first-order chi connectivity index (χ1) is 7.76. The number of amides is 1. The van der Waals surface area contributed by atoms with E-state index in [1.54, 1.807) is 0 Å². The zero-order valence-electron chi connectivity index (χ0n) is 10.1. The smallest absolute Gasteiger partial charge is 0.274 e. The number of hydrogen-bond acceptors (Lipinski definition) is 3. The van der Waals surface area contributed by atoms with Gasteiger partial charge in [0, 0.05) is 10.7 Å². The van der Waals surface area contributed by atoms with Gasteiger partial charge < -0.3 is 0 Å². The lowest BCUT2D eigenvalue weighted by Crippen LogP contribution is -2.65. The summed E-state index contributed by atoms with van der Waals surface area (Å²) in [4.78, 5) is 11.4. The summed E-state index contributed by atoms with van der Waals surface area (Å²) in [6.45, 7) is 4.37. The second-order valence-corrected chi connectivity index (χ2v) is 7.94. The maximum Gasteiger partial charge on any atom is 0.324 e. The van der Waals surface area contributed by atoms with E-state index in [4.69, 9.17) is 10.7 Å². The highest BCUT2D eigenvalue weighted by molar-refractivity contribution is 8.12. The zero-order chi connectivity index (χ0) is 12.8. The van der Waals surface area contributed by atoms with Crippen LogP contribution in [0.2, 0.25) is 0 Å². The Bertz CT molecular complexity index is 424. The molecular weight excluding hydrogens is 262 g/mol. The highest BCUT2D eigenvalue weighted by atomic mass is 35.7. The molecule has 2 aliphatic rings. The molecule has 0 N–H and O–H groups in total. The van der Waals surface area contributed by atoms with Crippen molar-refractivity contribution in [3.63, 3.8) is 0 Å². The predicted octanol–water partition coefficient (Wildman–Crippen LogP) is 2.29. The Labute approximate surface area is 107 Å². The number of hydrogen-bond donors (Lipinski definition) is 0. The van der Waals surface area contributed by atoms with Gasteiger partial charge in [-0.3, -0.25) is 4.79 Å². The van der Waals surface area contributed by atoms with Crippen LogP contribution in [0.15, 0.2) is 0 Å². The average molecular weight is 280 g/mol. The molecule has 2 fully saturated rings. The van der Waals surface area contributed by atoms with Crippen LogP contribution in [0, 0.1) is 11.8 Å². The summed E-state index contributed by atoms with van der Waals surface area (Å²) in [5.41, 5.74) is -0.497. The normalized spacial score (nSPS) is 34.2. The number of β-lactam (4-membered cyclic amide) rings is 1. The first-order valence-corrected chi connectivity index (χ1v) is 8.31. The Hall–Kier alpha value is -0.290. The topological polar surface area (TPSA) is 54.5 Å². The molecule has 1 amide bonds. The number of rotatable bonds is 2. The van der Waals surface area contributed by atoms with Crippen molar-refractivity contribution in [1.82, 2.24) is 4.31 Å². The van der Waals surface area contributed by atoms with E-state index in [0.717, 1.165) is 30.0 Å². The van der Waals surface area contributed by atoms with Gasteiger partial charge in [-0.2, -0.15) is 8.42 Å². The summed E-state index contributed by atoms with van der Waals surface area (Å²) in [7, 11) is 1.42. The summed E-state index contributed by atoms with van der Waals surface area (Å²) in [5, 5.41) is 0. The Morgan fingerprint density at radius 1 is 1.35 bits per heavy atom. The molecule has 0 aromatic heterocycles. The maximum absolute atomic E-state index is 11.4. The van der Waals surface area contributed by atoms with Crippen LogP contribution in [-0.2, 0) is 14.0 Å². The molecule has 1 heterocycles. The molecule has 0 unspecified atom stereocenters. The van der Waals surface area contributed by atoms with Gasteiger partial charge in [-0.1, -0.05) is 13.8 Å². The Balaban J connectivity index is 2.11. The van der Waals surface area contributed by atoms with Gasteiger partial charge in [-0.25, -0.2) is 4.31 Å². The first-order valence-electron chi connectivity index (χ1n) is 6.04. The molecule has 17 heavy (non-hydrogen) atoms. The number of carbonyl (C=O) groups is 1. The Kier molecular flexibility index (Phi) is 3.19. The fraction of sp³-hybridized carbons (Fsp3) is 0.909. The van der Waals surface area contributed by atoms with Gasteiger partial charge in [0.1, 0.15) is 0 Å². The minimum atomic E-state index is -3.90. The molecule has 0 radical (unpaired) electrons. The number of carbonyl (C=O) groups excluding carboxylic acids is 1. The maximum atomic E-state index is 11.4. The summed E-state index contributed by atoms with van der Waals surface area (Å²) >= 11 is 0. The lowest BCUT2D eigenvalue weighted by molar-refractivity contribution is -0.148.